The van der Waals surface area contributed by atoms with Gasteiger partial charge in [0, 0.05) is 41.4 Å². The molecule has 214 valence electrons. The average molecular weight is 605 g/mol. The highest BCUT2D eigenvalue weighted by atomic mass is 35.5. The van der Waals surface area contributed by atoms with Gasteiger partial charge in [-0.05, 0) is 50.3 Å². The largest absolute Gasteiger partial charge is 0.465 e. The van der Waals surface area contributed by atoms with E-state index in [0.29, 0.717) is 39.5 Å². The maximum atomic E-state index is 12.8. The van der Waals surface area contributed by atoms with Crippen molar-refractivity contribution in [2.75, 3.05) is 7.11 Å². The maximum absolute atomic E-state index is 12.8. The number of aryl methyl sites for hydroxylation is 1. The van der Waals surface area contributed by atoms with E-state index >= 15 is 0 Å². The lowest BCUT2D eigenvalue weighted by molar-refractivity contribution is -0.0498. The summed E-state index contributed by atoms with van der Waals surface area (Å²) in [4.78, 5) is 20.3. The van der Waals surface area contributed by atoms with Crippen LogP contribution >= 0.6 is 23.2 Å². The number of carbonyl (C=O) groups is 1. The van der Waals surface area contributed by atoms with Crippen LogP contribution in [0.2, 0.25) is 10.0 Å². The lowest BCUT2D eigenvalue weighted by Gasteiger charge is -2.08. The molecule has 13 heteroatoms. The van der Waals surface area contributed by atoms with Crippen LogP contribution in [-0.4, -0.2) is 40.0 Å². The Morgan fingerprint density at radius 3 is 2.61 bits per heavy atom. The highest BCUT2D eigenvalue weighted by molar-refractivity contribution is 6.39. The predicted octanol–water partition coefficient (Wildman–Crippen LogP) is 7.79. The molecule has 5 rings (SSSR count). The van der Waals surface area contributed by atoms with Crippen LogP contribution in [0.25, 0.3) is 28.7 Å². The Labute approximate surface area is 243 Å². The smallest absolute Gasteiger partial charge is 0.387 e. The SMILES string of the molecule is COC(=O)c1cc(OC(F)F)cc(-c2noc(CCCC/C=C/c3c(-c4c(Cl)cncc4Cl)noc3C3CC3)n2)c1. The minimum Gasteiger partial charge on any atom is -0.465 e. The van der Waals surface area contributed by atoms with Gasteiger partial charge in [0.25, 0.3) is 0 Å². The molecule has 0 aliphatic heterocycles. The van der Waals surface area contributed by atoms with Crippen LogP contribution in [0.5, 0.6) is 5.75 Å². The summed E-state index contributed by atoms with van der Waals surface area (Å²) in [6, 6.07) is 3.89. The summed E-state index contributed by atoms with van der Waals surface area (Å²) >= 11 is 12.7. The van der Waals surface area contributed by atoms with Crippen molar-refractivity contribution in [2.45, 2.75) is 51.1 Å². The van der Waals surface area contributed by atoms with Crippen LogP contribution in [0.15, 0.2) is 45.7 Å². The first-order chi connectivity index (χ1) is 19.8. The van der Waals surface area contributed by atoms with Crippen LogP contribution in [-0.2, 0) is 11.2 Å². The monoisotopic (exact) mass is 604 g/mol. The van der Waals surface area contributed by atoms with E-state index in [0.717, 1.165) is 49.5 Å². The molecule has 41 heavy (non-hydrogen) atoms. The average Bonchev–Trinajstić information content (AvgIpc) is 3.53. The second kappa shape index (κ2) is 12.8. The van der Waals surface area contributed by atoms with E-state index in [2.05, 4.69) is 29.8 Å². The van der Waals surface area contributed by atoms with Gasteiger partial charge in [0.1, 0.15) is 17.2 Å². The first-order valence-electron chi connectivity index (χ1n) is 12.8. The fourth-order valence-corrected chi connectivity index (χ4v) is 4.82. The summed E-state index contributed by atoms with van der Waals surface area (Å²) in [5.74, 6) is 0.766. The van der Waals surface area contributed by atoms with E-state index in [-0.39, 0.29) is 22.7 Å². The van der Waals surface area contributed by atoms with E-state index in [9.17, 15) is 13.6 Å². The molecule has 1 aliphatic rings. The summed E-state index contributed by atoms with van der Waals surface area (Å²) in [5, 5.41) is 9.00. The van der Waals surface area contributed by atoms with Gasteiger partial charge in [-0.25, -0.2) is 4.79 Å². The lowest BCUT2D eigenvalue weighted by Crippen LogP contribution is -2.06. The molecule has 0 bridgehead atoms. The normalized spacial score (nSPS) is 13.3. The molecule has 0 radical (unpaired) electrons. The number of nitrogens with zero attached hydrogens (tertiary/aromatic N) is 4. The van der Waals surface area contributed by atoms with E-state index in [1.807, 2.05) is 12.2 Å². The lowest BCUT2D eigenvalue weighted by atomic mass is 10.0. The minimum atomic E-state index is -3.06. The molecule has 1 aliphatic carbocycles. The van der Waals surface area contributed by atoms with Gasteiger partial charge < -0.3 is 18.5 Å². The minimum absolute atomic E-state index is 0.0214. The van der Waals surface area contributed by atoms with Gasteiger partial charge in [0.15, 0.2) is 0 Å². The molecule has 0 N–H and O–H groups in total. The number of alkyl halides is 2. The zero-order chi connectivity index (χ0) is 28.9. The van der Waals surface area contributed by atoms with Crippen molar-refractivity contribution in [3.05, 3.63) is 69.5 Å². The van der Waals surface area contributed by atoms with Crippen LogP contribution in [0.1, 0.15) is 65.6 Å². The maximum Gasteiger partial charge on any atom is 0.387 e. The number of rotatable bonds is 12. The second-order valence-corrected chi connectivity index (χ2v) is 10.2. The third-order valence-corrected chi connectivity index (χ3v) is 6.94. The van der Waals surface area contributed by atoms with E-state index in [1.54, 1.807) is 0 Å². The fourth-order valence-electron chi connectivity index (χ4n) is 4.28. The summed E-state index contributed by atoms with van der Waals surface area (Å²) in [7, 11) is 1.19. The molecule has 1 fully saturated rings. The Bertz CT molecular complexity index is 1550. The molecule has 1 aromatic carbocycles. The van der Waals surface area contributed by atoms with E-state index in [1.165, 1.54) is 31.6 Å². The van der Waals surface area contributed by atoms with Crippen LogP contribution in [0, 0.1) is 0 Å². The van der Waals surface area contributed by atoms with Crippen molar-refractivity contribution < 1.29 is 32.1 Å². The fraction of sp³-hybridized carbons (Fsp3) is 0.321. The number of hydrogen-bond donors (Lipinski definition) is 0. The van der Waals surface area contributed by atoms with Crippen molar-refractivity contribution in [3.63, 3.8) is 0 Å². The standard InChI is InChI=1S/C28H24Cl2F2N4O5/c1-38-27(37)17-10-16(11-18(12-17)39-28(31)32)26-34-22(40-36-26)7-5-3-2-4-6-19-24(35-41-25(19)15-8-9-15)23-20(29)13-33-14-21(23)30/h4,6,10-15,28H,2-3,5,7-9H2,1H3/b6-4+. The Balaban J connectivity index is 1.21. The van der Waals surface area contributed by atoms with Crippen molar-refractivity contribution >= 4 is 35.2 Å². The van der Waals surface area contributed by atoms with Gasteiger partial charge in [-0.15, -0.1) is 0 Å². The third kappa shape index (κ3) is 6.91. The second-order valence-electron chi connectivity index (χ2n) is 9.34. The van der Waals surface area contributed by atoms with Crippen molar-refractivity contribution in [1.29, 1.82) is 0 Å². The Hall–Kier alpha value is -3.83. The molecule has 0 amide bonds. The van der Waals surface area contributed by atoms with Crippen LogP contribution in [0.4, 0.5) is 8.78 Å². The number of pyridine rings is 1. The molecule has 3 heterocycles. The molecular weight excluding hydrogens is 581 g/mol. The van der Waals surface area contributed by atoms with Gasteiger partial charge >= 0.3 is 12.6 Å². The molecule has 0 spiro atoms. The quantitative estimate of drug-likeness (QED) is 0.118. The Morgan fingerprint density at radius 2 is 1.90 bits per heavy atom. The number of aromatic nitrogens is 4. The molecule has 0 saturated heterocycles. The van der Waals surface area contributed by atoms with Crippen LogP contribution in [0.3, 0.4) is 0 Å². The van der Waals surface area contributed by atoms with Gasteiger partial charge in [0.2, 0.25) is 11.7 Å². The van der Waals surface area contributed by atoms with Gasteiger partial charge in [-0.2, -0.15) is 13.8 Å². The summed E-state index contributed by atoms with van der Waals surface area (Å²) in [5.41, 5.74) is 2.36. The van der Waals surface area contributed by atoms with Gasteiger partial charge in [-0.1, -0.05) is 45.7 Å². The molecule has 0 atom stereocenters. The highest BCUT2D eigenvalue weighted by Crippen LogP contribution is 2.46. The first-order valence-corrected chi connectivity index (χ1v) is 13.6. The summed E-state index contributed by atoms with van der Waals surface area (Å²) < 4.78 is 45.7. The number of esters is 1. The Morgan fingerprint density at radius 1 is 1.12 bits per heavy atom. The molecular formula is C28H24Cl2F2N4O5. The Kier molecular flexibility index (Phi) is 8.94. The number of methoxy groups -OCH3 is 1. The zero-order valence-electron chi connectivity index (χ0n) is 21.8. The number of benzene rings is 1. The first kappa shape index (κ1) is 28.7. The molecule has 3 aromatic heterocycles. The summed E-state index contributed by atoms with van der Waals surface area (Å²) in [6.07, 6.45) is 12.0. The van der Waals surface area contributed by atoms with Crippen molar-refractivity contribution in [3.8, 4) is 28.4 Å². The van der Waals surface area contributed by atoms with Crippen molar-refractivity contribution in [1.82, 2.24) is 20.3 Å². The molecule has 1 saturated carbocycles. The molecule has 0 unspecified atom stereocenters. The van der Waals surface area contributed by atoms with E-state index in [4.69, 9.17) is 32.2 Å². The third-order valence-electron chi connectivity index (χ3n) is 6.37. The highest BCUT2D eigenvalue weighted by Gasteiger charge is 2.32. The zero-order valence-corrected chi connectivity index (χ0v) is 23.3. The predicted molar refractivity (Wildman–Crippen MR) is 146 cm³/mol. The number of carbonyl (C=O) groups excluding carboxylic acids is 1. The number of allylic oxidation sites excluding steroid dienone is 1. The van der Waals surface area contributed by atoms with Crippen molar-refractivity contribution in [2.24, 2.45) is 0 Å². The molecule has 9 nitrogen and oxygen atoms in total. The number of ether oxygens (including phenoxy) is 2. The van der Waals surface area contributed by atoms with E-state index < -0.39 is 12.6 Å². The number of halogens is 4. The van der Waals surface area contributed by atoms with Crippen LogP contribution < -0.4 is 4.74 Å². The topological polar surface area (TPSA) is 113 Å². The molecule has 4 aromatic rings. The van der Waals surface area contributed by atoms with Gasteiger partial charge in [-0.3, -0.25) is 4.98 Å². The number of unbranched alkanes of at least 4 members (excludes halogenated alkanes) is 2. The van der Waals surface area contributed by atoms with Gasteiger partial charge in [0.05, 0.1) is 22.7 Å². The number of hydrogen-bond acceptors (Lipinski definition) is 9. The summed E-state index contributed by atoms with van der Waals surface area (Å²) in [6.45, 7) is -3.06.